The zero-order valence-electron chi connectivity index (χ0n) is 9.91. The third-order valence-electron chi connectivity index (χ3n) is 2.61. The normalized spacial score (nSPS) is 10.5. The number of H-pyrrole nitrogens is 1. The number of nitrogens with two attached hydrogens (primary N) is 2. The molecule has 7 heteroatoms. The fraction of sp³-hybridized carbons (Fsp3) is 0. The summed E-state index contributed by atoms with van der Waals surface area (Å²) in [7, 11) is 0. The monoisotopic (exact) mass is 253 g/mol. The van der Waals surface area contributed by atoms with E-state index in [1.165, 1.54) is 6.20 Å². The first-order chi connectivity index (χ1) is 9.24. The van der Waals surface area contributed by atoms with Crippen molar-refractivity contribution in [1.29, 1.82) is 0 Å². The first-order valence-corrected chi connectivity index (χ1v) is 5.60. The standard InChI is InChI=1S/C12H11N7/c13-9-8(6-15-12(14)16-9)11-17-10(18-19-11)7-4-2-1-3-5-7/h1-6H,(H,17,18,19)(H4,13,14,15,16). The van der Waals surface area contributed by atoms with Crippen molar-refractivity contribution >= 4 is 11.8 Å². The highest BCUT2D eigenvalue weighted by Crippen LogP contribution is 2.22. The molecule has 0 fully saturated rings. The van der Waals surface area contributed by atoms with Gasteiger partial charge in [-0.3, -0.25) is 5.10 Å². The number of aromatic amines is 1. The summed E-state index contributed by atoms with van der Waals surface area (Å²) in [6, 6.07) is 9.63. The lowest BCUT2D eigenvalue weighted by Crippen LogP contribution is -2.01. The van der Waals surface area contributed by atoms with Gasteiger partial charge in [-0.05, 0) is 0 Å². The van der Waals surface area contributed by atoms with Crippen LogP contribution in [0, 0.1) is 0 Å². The largest absolute Gasteiger partial charge is 0.383 e. The van der Waals surface area contributed by atoms with Crippen molar-refractivity contribution in [3.05, 3.63) is 36.5 Å². The van der Waals surface area contributed by atoms with Crippen molar-refractivity contribution in [3.63, 3.8) is 0 Å². The van der Waals surface area contributed by atoms with Crippen LogP contribution in [-0.4, -0.2) is 25.1 Å². The van der Waals surface area contributed by atoms with E-state index < -0.39 is 0 Å². The van der Waals surface area contributed by atoms with Gasteiger partial charge in [0.25, 0.3) is 0 Å². The highest BCUT2D eigenvalue weighted by Gasteiger charge is 2.11. The lowest BCUT2D eigenvalue weighted by atomic mass is 10.2. The van der Waals surface area contributed by atoms with Crippen molar-refractivity contribution in [2.24, 2.45) is 0 Å². The second-order valence-electron chi connectivity index (χ2n) is 3.90. The van der Waals surface area contributed by atoms with Gasteiger partial charge in [-0.25, -0.2) is 9.97 Å². The molecule has 0 bridgehead atoms. The van der Waals surface area contributed by atoms with E-state index in [-0.39, 0.29) is 11.8 Å². The van der Waals surface area contributed by atoms with Gasteiger partial charge in [0, 0.05) is 11.8 Å². The van der Waals surface area contributed by atoms with Crippen molar-refractivity contribution in [3.8, 4) is 22.8 Å². The van der Waals surface area contributed by atoms with Gasteiger partial charge >= 0.3 is 0 Å². The van der Waals surface area contributed by atoms with Crippen LogP contribution in [0.25, 0.3) is 22.8 Å². The summed E-state index contributed by atoms with van der Waals surface area (Å²) >= 11 is 0. The number of nitrogens with one attached hydrogen (secondary N) is 1. The van der Waals surface area contributed by atoms with Gasteiger partial charge in [-0.2, -0.15) is 10.1 Å². The van der Waals surface area contributed by atoms with Crippen LogP contribution in [-0.2, 0) is 0 Å². The van der Waals surface area contributed by atoms with E-state index in [2.05, 4.69) is 25.1 Å². The minimum atomic E-state index is 0.129. The van der Waals surface area contributed by atoms with Crippen LogP contribution in [0.1, 0.15) is 0 Å². The minimum Gasteiger partial charge on any atom is -0.383 e. The molecule has 0 aliphatic rings. The quantitative estimate of drug-likeness (QED) is 0.629. The first-order valence-electron chi connectivity index (χ1n) is 5.60. The van der Waals surface area contributed by atoms with Gasteiger partial charge in [0.05, 0.1) is 5.56 Å². The van der Waals surface area contributed by atoms with Gasteiger partial charge in [-0.1, -0.05) is 30.3 Å². The Morgan fingerprint density at radius 1 is 1.00 bits per heavy atom. The van der Waals surface area contributed by atoms with Crippen LogP contribution in [0.3, 0.4) is 0 Å². The third-order valence-corrected chi connectivity index (χ3v) is 2.61. The molecule has 1 aromatic carbocycles. The lowest BCUT2D eigenvalue weighted by Gasteiger charge is -2.00. The van der Waals surface area contributed by atoms with Crippen LogP contribution >= 0.6 is 0 Å². The number of benzene rings is 1. The maximum atomic E-state index is 5.78. The Morgan fingerprint density at radius 2 is 1.79 bits per heavy atom. The third kappa shape index (κ3) is 2.08. The zero-order valence-corrected chi connectivity index (χ0v) is 9.91. The second-order valence-corrected chi connectivity index (χ2v) is 3.90. The SMILES string of the molecule is Nc1ncc(-c2nc(-c3ccccc3)n[nH]2)c(N)n1. The predicted molar refractivity (Wildman–Crippen MR) is 71.7 cm³/mol. The molecule has 3 rings (SSSR count). The number of nitrogens with zero attached hydrogens (tertiary/aromatic N) is 4. The molecule has 2 heterocycles. The molecule has 0 unspecified atom stereocenters. The fourth-order valence-corrected chi connectivity index (χ4v) is 1.69. The molecular weight excluding hydrogens is 242 g/mol. The Labute approximate surface area is 108 Å². The van der Waals surface area contributed by atoms with E-state index in [1.54, 1.807) is 0 Å². The summed E-state index contributed by atoms with van der Waals surface area (Å²) < 4.78 is 0. The molecule has 5 N–H and O–H groups in total. The average Bonchev–Trinajstić information content (AvgIpc) is 2.89. The van der Waals surface area contributed by atoms with Gasteiger partial charge in [0.15, 0.2) is 11.6 Å². The van der Waals surface area contributed by atoms with Crippen molar-refractivity contribution in [1.82, 2.24) is 25.1 Å². The Morgan fingerprint density at radius 3 is 2.53 bits per heavy atom. The molecule has 7 nitrogen and oxygen atoms in total. The molecule has 2 aromatic heterocycles. The molecule has 0 radical (unpaired) electrons. The molecule has 0 saturated carbocycles. The van der Waals surface area contributed by atoms with Gasteiger partial charge in [0.1, 0.15) is 5.82 Å². The molecule has 3 aromatic rings. The number of hydrogen-bond acceptors (Lipinski definition) is 6. The molecule has 0 atom stereocenters. The highest BCUT2D eigenvalue weighted by molar-refractivity contribution is 5.69. The topological polar surface area (TPSA) is 119 Å². The summed E-state index contributed by atoms with van der Waals surface area (Å²) in [6.07, 6.45) is 1.52. The Kier molecular flexibility index (Phi) is 2.57. The summed E-state index contributed by atoms with van der Waals surface area (Å²) in [4.78, 5) is 12.2. The number of anilines is 2. The Hall–Kier alpha value is -2.96. The number of hydrogen-bond donors (Lipinski definition) is 3. The second kappa shape index (κ2) is 4.37. The van der Waals surface area contributed by atoms with Crippen LogP contribution in [0.4, 0.5) is 11.8 Å². The molecule has 0 spiro atoms. The number of nitrogen functional groups attached to an aromatic ring is 2. The molecular formula is C12H11N7. The van der Waals surface area contributed by atoms with Crippen molar-refractivity contribution in [2.45, 2.75) is 0 Å². The first kappa shape index (κ1) is 11.1. The minimum absolute atomic E-state index is 0.129. The summed E-state index contributed by atoms with van der Waals surface area (Å²) in [5, 5.41) is 6.97. The van der Waals surface area contributed by atoms with E-state index in [1.807, 2.05) is 30.3 Å². The molecule has 0 amide bonds. The van der Waals surface area contributed by atoms with E-state index in [0.717, 1.165) is 5.56 Å². The maximum absolute atomic E-state index is 5.78. The highest BCUT2D eigenvalue weighted by atomic mass is 15.2. The van der Waals surface area contributed by atoms with Crippen LogP contribution < -0.4 is 11.5 Å². The van der Waals surface area contributed by atoms with Gasteiger partial charge in [0.2, 0.25) is 5.95 Å². The number of aromatic nitrogens is 5. The van der Waals surface area contributed by atoms with Crippen molar-refractivity contribution in [2.75, 3.05) is 11.5 Å². The van der Waals surface area contributed by atoms with Gasteiger partial charge < -0.3 is 11.5 Å². The van der Waals surface area contributed by atoms with E-state index >= 15 is 0 Å². The van der Waals surface area contributed by atoms with Crippen LogP contribution in [0.2, 0.25) is 0 Å². The smallest absolute Gasteiger partial charge is 0.221 e. The Bertz CT molecular complexity index is 705. The summed E-state index contributed by atoms with van der Waals surface area (Å²) in [5.41, 5.74) is 12.7. The lowest BCUT2D eigenvalue weighted by molar-refractivity contribution is 1.09. The molecule has 19 heavy (non-hydrogen) atoms. The van der Waals surface area contributed by atoms with E-state index in [4.69, 9.17) is 11.5 Å². The molecule has 0 aliphatic carbocycles. The molecule has 94 valence electrons. The number of rotatable bonds is 2. The van der Waals surface area contributed by atoms with Gasteiger partial charge in [-0.15, -0.1) is 0 Å². The van der Waals surface area contributed by atoms with Crippen molar-refractivity contribution < 1.29 is 0 Å². The van der Waals surface area contributed by atoms with Crippen LogP contribution in [0.5, 0.6) is 0 Å². The van der Waals surface area contributed by atoms with E-state index in [0.29, 0.717) is 17.2 Å². The average molecular weight is 253 g/mol. The van der Waals surface area contributed by atoms with Crippen LogP contribution in [0.15, 0.2) is 36.5 Å². The predicted octanol–water partition coefficient (Wildman–Crippen LogP) is 1.09. The Balaban J connectivity index is 2.02. The summed E-state index contributed by atoms with van der Waals surface area (Å²) in [6.45, 7) is 0. The zero-order chi connectivity index (χ0) is 13.2. The maximum Gasteiger partial charge on any atom is 0.221 e. The van der Waals surface area contributed by atoms with E-state index in [9.17, 15) is 0 Å². The molecule has 0 saturated heterocycles. The fourth-order valence-electron chi connectivity index (χ4n) is 1.69. The summed E-state index contributed by atoms with van der Waals surface area (Å²) in [5.74, 6) is 1.50. The molecule has 0 aliphatic heterocycles.